The summed E-state index contributed by atoms with van der Waals surface area (Å²) in [6.07, 6.45) is 4.98. The maximum Gasteiger partial charge on any atom is 0.323 e. The fourth-order valence-electron chi connectivity index (χ4n) is 1.32. The monoisotopic (exact) mass is 223 g/mol. The largest absolute Gasteiger partial charge is 0.480 e. The Balaban J connectivity index is 0. The van der Waals surface area contributed by atoms with Crippen molar-refractivity contribution in [3.63, 3.8) is 0 Å². The van der Waals surface area contributed by atoms with Crippen LogP contribution in [0.25, 0.3) is 0 Å². The molecular weight excluding hydrogens is 202 g/mol. The van der Waals surface area contributed by atoms with E-state index in [2.05, 4.69) is 0 Å². The molecule has 0 aliphatic heterocycles. The van der Waals surface area contributed by atoms with Gasteiger partial charge in [0.15, 0.2) is 0 Å². The lowest BCUT2D eigenvalue weighted by Gasteiger charge is -2.24. The van der Waals surface area contributed by atoms with E-state index in [1.54, 1.807) is 0 Å². The first-order valence-corrected chi connectivity index (χ1v) is 5.09. The van der Waals surface area contributed by atoms with Crippen LogP contribution in [0.5, 0.6) is 0 Å². The van der Waals surface area contributed by atoms with E-state index in [0.717, 1.165) is 25.7 Å². The molecule has 3 N–H and O–H groups in total. The van der Waals surface area contributed by atoms with Crippen LogP contribution in [0.1, 0.15) is 52.4 Å². The van der Waals surface area contributed by atoms with Crippen LogP contribution in [0.3, 0.4) is 0 Å². The van der Waals surface area contributed by atoms with Crippen molar-refractivity contribution in [2.45, 2.75) is 57.9 Å². The SMILES string of the molecule is CCCCC(N)(CCCC)C(=O)O.Cl. The van der Waals surface area contributed by atoms with E-state index in [9.17, 15) is 4.79 Å². The average molecular weight is 224 g/mol. The number of nitrogens with two attached hydrogens (primary N) is 1. The van der Waals surface area contributed by atoms with Gasteiger partial charge in [-0.1, -0.05) is 39.5 Å². The summed E-state index contributed by atoms with van der Waals surface area (Å²) < 4.78 is 0. The van der Waals surface area contributed by atoms with Crippen molar-refractivity contribution in [3.8, 4) is 0 Å². The summed E-state index contributed by atoms with van der Waals surface area (Å²) in [5, 5.41) is 8.96. The second-order valence-electron chi connectivity index (χ2n) is 3.67. The quantitative estimate of drug-likeness (QED) is 0.697. The van der Waals surface area contributed by atoms with E-state index in [0.29, 0.717) is 12.8 Å². The second kappa shape index (κ2) is 8.06. The van der Waals surface area contributed by atoms with Gasteiger partial charge in [0.05, 0.1) is 0 Å². The van der Waals surface area contributed by atoms with Crippen molar-refractivity contribution in [3.05, 3.63) is 0 Å². The van der Waals surface area contributed by atoms with Crippen LogP contribution in [0, 0.1) is 0 Å². The van der Waals surface area contributed by atoms with Gasteiger partial charge in [0, 0.05) is 0 Å². The molecule has 0 aromatic carbocycles. The third kappa shape index (κ3) is 5.45. The molecule has 0 saturated heterocycles. The number of carboxylic acids is 1. The standard InChI is InChI=1S/C10H21NO2.ClH/c1-3-5-7-10(11,9(12)13)8-6-4-2;/h3-8,11H2,1-2H3,(H,12,13);1H. The highest BCUT2D eigenvalue weighted by atomic mass is 35.5. The molecule has 86 valence electrons. The van der Waals surface area contributed by atoms with Crippen LogP contribution >= 0.6 is 12.4 Å². The van der Waals surface area contributed by atoms with Crippen molar-refractivity contribution in [1.29, 1.82) is 0 Å². The summed E-state index contributed by atoms with van der Waals surface area (Å²) >= 11 is 0. The highest BCUT2D eigenvalue weighted by molar-refractivity contribution is 5.85. The van der Waals surface area contributed by atoms with E-state index in [-0.39, 0.29) is 12.4 Å². The summed E-state index contributed by atoms with van der Waals surface area (Å²) in [5.41, 5.74) is 4.83. The average Bonchev–Trinajstić information content (AvgIpc) is 2.11. The van der Waals surface area contributed by atoms with E-state index in [1.165, 1.54) is 0 Å². The molecule has 0 aliphatic rings. The first-order chi connectivity index (χ1) is 6.06. The molecule has 0 amide bonds. The van der Waals surface area contributed by atoms with Gasteiger partial charge in [0.25, 0.3) is 0 Å². The summed E-state index contributed by atoms with van der Waals surface area (Å²) in [6, 6.07) is 0. The van der Waals surface area contributed by atoms with Gasteiger partial charge in [-0.2, -0.15) is 0 Å². The predicted molar refractivity (Wildman–Crippen MR) is 60.9 cm³/mol. The molecule has 0 radical (unpaired) electrons. The van der Waals surface area contributed by atoms with Gasteiger partial charge in [0.1, 0.15) is 5.54 Å². The Kier molecular flexibility index (Phi) is 9.31. The highest BCUT2D eigenvalue weighted by Crippen LogP contribution is 2.18. The zero-order valence-electron chi connectivity index (χ0n) is 9.08. The maximum absolute atomic E-state index is 10.9. The lowest BCUT2D eigenvalue weighted by Crippen LogP contribution is -2.47. The minimum Gasteiger partial charge on any atom is -0.480 e. The van der Waals surface area contributed by atoms with Gasteiger partial charge in [-0.3, -0.25) is 4.79 Å². The van der Waals surface area contributed by atoms with E-state index < -0.39 is 11.5 Å². The number of carboxylic acid groups (broad SMARTS) is 1. The number of hydrogen-bond donors (Lipinski definition) is 2. The molecule has 0 fully saturated rings. The zero-order valence-corrected chi connectivity index (χ0v) is 9.90. The lowest BCUT2D eigenvalue weighted by molar-refractivity contribution is -0.144. The van der Waals surface area contributed by atoms with Gasteiger partial charge in [-0.05, 0) is 12.8 Å². The first-order valence-electron chi connectivity index (χ1n) is 5.09. The lowest BCUT2D eigenvalue weighted by atomic mass is 9.88. The van der Waals surface area contributed by atoms with E-state index >= 15 is 0 Å². The Morgan fingerprint density at radius 3 is 1.79 bits per heavy atom. The number of aliphatic carboxylic acids is 1. The molecule has 0 rings (SSSR count). The molecular formula is C10H22ClNO2. The van der Waals surface area contributed by atoms with Gasteiger partial charge >= 0.3 is 5.97 Å². The molecule has 0 aromatic heterocycles. The fourth-order valence-corrected chi connectivity index (χ4v) is 1.32. The Bertz CT molecular complexity index is 154. The van der Waals surface area contributed by atoms with Crippen LogP contribution in [0.2, 0.25) is 0 Å². The maximum atomic E-state index is 10.9. The number of carbonyl (C=O) groups is 1. The van der Waals surface area contributed by atoms with Crippen LogP contribution in [-0.2, 0) is 4.79 Å². The number of halogens is 1. The van der Waals surface area contributed by atoms with Gasteiger partial charge in [-0.15, -0.1) is 12.4 Å². The minimum absolute atomic E-state index is 0. The molecule has 0 aliphatic carbocycles. The topological polar surface area (TPSA) is 63.3 Å². The van der Waals surface area contributed by atoms with Crippen molar-refractivity contribution in [1.82, 2.24) is 0 Å². The predicted octanol–water partition coefficient (Wildman–Crippen LogP) is 2.57. The number of rotatable bonds is 7. The summed E-state index contributed by atoms with van der Waals surface area (Å²) in [5.74, 6) is -0.852. The number of unbranched alkanes of at least 4 members (excludes halogenated alkanes) is 2. The number of hydrogen-bond acceptors (Lipinski definition) is 2. The summed E-state index contributed by atoms with van der Waals surface area (Å²) in [6.45, 7) is 4.09. The first kappa shape index (κ1) is 16.2. The Morgan fingerprint density at radius 2 is 1.57 bits per heavy atom. The molecule has 4 heteroatoms. The third-order valence-corrected chi connectivity index (χ3v) is 2.38. The molecule has 0 saturated carbocycles. The summed E-state index contributed by atoms with van der Waals surface area (Å²) in [4.78, 5) is 10.9. The smallest absolute Gasteiger partial charge is 0.323 e. The normalized spacial score (nSPS) is 10.8. The molecule has 0 unspecified atom stereocenters. The zero-order chi connectivity index (χ0) is 10.3. The molecule has 0 bridgehead atoms. The molecule has 0 atom stereocenters. The fraction of sp³-hybridized carbons (Fsp3) is 0.900. The Morgan fingerprint density at radius 1 is 1.21 bits per heavy atom. The van der Waals surface area contributed by atoms with Crippen LogP contribution in [0.4, 0.5) is 0 Å². The summed E-state index contributed by atoms with van der Waals surface area (Å²) in [7, 11) is 0. The van der Waals surface area contributed by atoms with Gasteiger partial charge in [-0.25, -0.2) is 0 Å². The van der Waals surface area contributed by atoms with Crippen molar-refractivity contribution in [2.75, 3.05) is 0 Å². The van der Waals surface area contributed by atoms with Crippen LogP contribution in [-0.4, -0.2) is 16.6 Å². The van der Waals surface area contributed by atoms with Crippen LogP contribution in [0.15, 0.2) is 0 Å². The highest BCUT2D eigenvalue weighted by Gasteiger charge is 2.31. The Labute approximate surface area is 92.5 Å². The van der Waals surface area contributed by atoms with Gasteiger partial charge < -0.3 is 10.8 Å². The van der Waals surface area contributed by atoms with Crippen molar-refractivity contribution >= 4 is 18.4 Å². The molecule has 0 heterocycles. The van der Waals surface area contributed by atoms with Crippen LogP contribution < -0.4 is 5.73 Å². The second-order valence-corrected chi connectivity index (χ2v) is 3.67. The van der Waals surface area contributed by atoms with E-state index in [1.807, 2.05) is 13.8 Å². The van der Waals surface area contributed by atoms with Crippen molar-refractivity contribution < 1.29 is 9.90 Å². The van der Waals surface area contributed by atoms with E-state index in [4.69, 9.17) is 10.8 Å². The third-order valence-electron chi connectivity index (χ3n) is 2.38. The Hall–Kier alpha value is -0.280. The van der Waals surface area contributed by atoms with Crippen molar-refractivity contribution in [2.24, 2.45) is 5.73 Å². The van der Waals surface area contributed by atoms with Gasteiger partial charge in [0.2, 0.25) is 0 Å². The molecule has 0 spiro atoms. The minimum atomic E-state index is -0.980. The molecule has 14 heavy (non-hydrogen) atoms. The molecule has 3 nitrogen and oxygen atoms in total. The molecule has 0 aromatic rings.